The Bertz CT molecular complexity index is 944. The standard InChI is InChI=1S/C22H24N2O4/c1-27-18-5-3-4-15(22(18)28-2)21-20-13-7-6-12(10-13)19(20)16-11-14(24(25)26)8-9-17(16)23-21/h3-5,8-9,11-13,19-21,23H,6-7,10H2,1-2H3/t12-,13+,19-,20+,21-/m1/s1. The molecule has 3 aliphatic rings. The van der Waals surface area contributed by atoms with Crippen molar-refractivity contribution in [3.05, 3.63) is 57.6 Å². The number of ether oxygens (including phenoxy) is 2. The molecule has 146 valence electrons. The van der Waals surface area contributed by atoms with Crippen molar-refractivity contribution in [1.82, 2.24) is 0 Å². The van der Waals surface area contributed by atoms with Crippen LogP contribution in [-0.4, -0.2) is 19.1 Å². The van der Waals surface area contributed by atoms with E-state index in [0.29, 0.717) is 23.7 Å². The average molecular weight is 380 g/mol. The Morgan fingerprint density at radius 3 is 2.64 bits per heavy atom. The molecule has 0 saturated heterocycles. The number of benzene rings is 2. The third-order valence-electron chi connectivity index (χ3n) is 7.05. The van der Waals surface area contributed by atoms with E-state index in [1.807, 2.05) is 18.2 Å². The zero-order valence-electron chi connectivity index (χ0n) is 16.1. The van der Waals surface area contributed by atoms with Gasteiger partial charge in [-0.3, -0.25) is 10.1 Å². The first-order valence-corrected chi connectivity index (χ1v) is 9.88. The zero-order chi connectivity index (χ0) is 19.4. The van der Waals surface area contributed by atoms with E-state index < -0.39 is 0 Å². The number of nitro groups is 1. The lowest BCUT2D eigenvalue weighted by atomic mass is 9.68. The molecule has 2 aromatic rings. The zero-order valence-corrected chi connectivity index (χ0v) is 16.1. The van der Waals surface area contributed by atoms with Gasteiger partial charge in [-0.25, -0.2) is 0 Å². The SMILES string of the molecule is COc1cccc([C@H]2Nc3ccc([N+](=O)[O-])cc3[C@H]3[C@@H]4CC[C@@H](C4)[C@@H]32)c1OC. The molecule has 28 heavy (non-hydrogen) atoms. The molecule has 6 heteroatoms. The maximum absolute atomic E-state index is 11.3. The number of para-hydroxylation sites is 1. The summed E-state index contributed by atoms with van der Waals surface area (Å²) in [5, 5.41) is 15.0. The highest BCUT2D eigenvalue weighted by molar-refractivity contribution is 5.63. The summed E-state index contributed by atoms with van der Waals surface area (Å²) in [5.41, 5.74) is 3.41. The van der Waals surface area contributed by atoms with Gasteiger partial charge in [0.1, 0.15) is 0 Å². The van der Waals surface area contributed by atoms with Crippen molar-refractivity contribution >= 4 is 11.4 Å². The summed E-state index contributed by atoms with van der Waals surface area (Å²) in [6, 6.07) is 11.4. The maximum atomic E-state index is 11.3. The van der Waals surface area contributed by atoms with Gasteiger partial charge in [-0.15, -0.1) is 0 Å². The van der Waals surface area contributed by atoms with Crippen LogP contribution < -0.4 is 14.8 Å². The predicted molar refractivity (Wildman–Crippen MR) is 106 cm³/mol. The molecule has 0 radical (unpaired) electrons. The lowest BCUT2D eigenvalue weighted by Crippen LogP contribution is -2.35. The van der Waals surface area contributed by atoms with Crippen LogP contribution in [-0.2, 0) is 0 Å². The van der Waals surface area contributed by atoms with Crippen molar-refractivity contribution in [2.24, 2.45) is 17.8 Å². The van der Waals surface area contributed by atoms with E-state index in [9.17, 15) is 10.1 Å². The Kier molecular flexibility index (Phi) is 3.96. The van der Waals surface area contributed by atoms with Gasteiger partial charge in [-0.1, -0.05) is 12.1 Å². The summed E-state index contributed by atoms with van der Waals surface area (Å²) >= 11 is 0. The predicted octanol–water partition coefficient (Wildman–Crippen LogP) is 4.91. The van der Waals surface area contributed by atoms with Crippen molar-refractivity contribution in [3.63, 3.8) is 0 Å². The molecule has 1 heterocycles. The monoisotopic (exact) mass is 380 g/mol. The number of nitrogens with zero attached hydrogens (tertiary/aromatic N) is 1. The van der Waals surface area contributed by atoms with Gasteiger partial charge in [0.25, 0.3) is 5.69 Å². The van der Waals surface area contributed by atoms with E-state index in [1.165, 1.54) is 19.3 Å². The first kappa shape index (κ1) is 17.3. The smallest absolute Gasteiger partial charge is 0.269 e. The number of nitrogens with one attached hydrogen (secondary N) is 1. The highest BCUT2D eigenvalue weighted by atomic mass is 16.6. The highest BCUT2D eigenvalue weighted by Gasteiger charge is 2.54. The van der Waals surface area contributed by atoms with E-state index in [-0.39, 0.29) is 16.7 Å². The third kappa shape index (κ3) is 2.40. The molecule has 0 spiro atoms. The van der Waals surface area contributed by atoms with Gasteiger partial charge in [0.2, 0.25) is 0 Å². The summed E-state index contributed by atoms with van der Waals surface area (Å²) in [5.74, 6) is 3.52. The fourth-order valence-electron chi connectivity index (χ4n) is 6.05. The van der Waals surface area contributed by atoms with Gasteiger partial charge in [-0.2, -0.15) is 0 Å². The topological polar surface area (TPSA) is 73.6 Å². The summed E-state index contributed by atoms with van der Waals surface area (Å²) in [6.07, 6.45) is 3.67. The Hall–Kier alpha value is -2.76. The Morgan fingerprint density at radius 1 is 1.07 bits per heavy atom. The molecular formula is C22H24N2O4. The molecule has 1 N–H and O–H groups in total. The van der Waals surface area contributed by atoms with Crippen LogP contribution in [0.15, 0.2) is 36.4 Å². The number of anilines is 1. The summed E-state index contributed by atoms with van der Waals surface area (Å²) < 4.78 is 11.3. The minimum absolute atomic E-state index is 0.110. The molecule has 2 aliphatic carbocycles. The van der Waals surface area contributed by atoms with E-state index >= 15 is 0 Å². The van der Waals surface area contributed by atoms with E-state index in [0.717, 1.165) is 28.3 Å². The Balaban J connectivity index is 1.65. The van der Waals surface area contributed by atoms with E-state index in [2.05, 4.69) is 11.4 Å². The van der Waals surface area contributed by atoms with Crippen LogP contribution in [0, 0.1) is 27.9 Å². The average Bonchev–Trinajstić information content (AvgIpc) is 3.34. The van der Waals surface area contributed by atoms with Crippen LogP contribution in [0.25, 0.3) is 0 Å². The molecule has 0 unspecified atom stereocenters. The summed E-state index contributed by atoms with van der Waals surface area (Å²) in [7, 11) is 3.34. The van der Waals surface area contributed by atoms with Gasteiger partial charge < -0.3 is 14.8 Å². The van der Waals surface area contributed by atoms with Gasteiger partial charge >= 0.3 is 0 Å². The molecule has 5 atom stereocenters. The van der Waals surface area contributed by atoms with Gasteiger partial charge in [0, 0.05) is 23.4 Å². The largest absolute Gasteiger partial charge is 0.493 e. The molecule has 2 bridgehead atoms. The van der Waals surface area contributed by atoms with Crippen LogP contribution in [0.3, 0.4) is 0 Å². The third-order valence-corrected chi connectivity index (χ3v) is 7.05. The molecule has 2 aromatic carbocycles. The molecule has 2 saturated carbocycles. The minimum Gasteiger partial charge on any atom is -0.493 e. The molecular weight excluding hydrogens is 356 g/mol. The van der Waals surface area contributed by atoms with Crippen LogP contribution in [0.2, 0.25) is 0 Å². The normalized spacial score (nSPS) is 29.6. The fraction of sp³-hybridized carbons (Fsp3) is 0.455. The number of hydrogen-bond acceptors (Lipinski definition) is 5. The van der Waals surface area contributed by atoms with E-state index in [1.54, 1.807) is 26.4 Å². The van der Waals surface area contributed by atoms with Crippen molar-refractivity contribution < 1.29 is 14.4 Å². The van der Waals surface area contributed by atoms with Gasteiger partial charge in [0.05, 0.1) is 25.2 Å². The maximum Gasteiger partial charge on any atom is 0.269 e. The molecule has 0 aromatic heterocycles. The number of non-ortho nitro benzene ring substituents is 1. The Morgan fingerprint density at radius 2 is 1.89 bits per heavy atom. The van der Waals surface area contributed by atoms with Crippen LogP contribution >= 0.6 is 0 Å². The minimum atomic E-state index is -0.292. The second-order valence-corrected chi connectivity index (χ2v) is 8.17. The Labute approximate surface area is 164 Å². The van der Waals surface area contributed by atoms with Crippen molar-refractivity contribution in [3.8, 4) is 11.5 Å². The number of nitro benzene ring substituents is 1. The van der Waals surface area contributed by atoms with Gasteiger partial charge in [0.15, 0.2) is 11.5 Å². The van der Waals surface area contributed by atoms with Crippen LogP contribution in [0.5, 0.6) is 11.5 Å². The second kappa shape index (κ2) is 6.40. The van der Waals surface area contributed by atoms with Crippen LogP contribution in [0.4, 0.5) is 11.4 Å². The summed E-state index contributed by atoms with van der Waals surface area (Å²) in [4.78, 5) is 11.0. The number of hydrogen-bond donors (Lipinski definition) is 1. The number of methoxy groups -OCH3 is 2. The summed E-state index contributed by atoms with van der Waals surface area (Å²) in [6.45, 7) is 0. The van der Waals surface area contributed by atoms with Crippen molar-refractivity contribution in [2.75, 3.05) is 19.5 Å². The van der Waals surface area contributed by atoms with Crippen molar-refractivity contribution in [2.45, 2.75) is 31.2 Å². The fourth-order valence-corrected chi connectivity index (χ4v) is 6.05. The number of rotatable bonds is 4. The van der Waals surface area contributed by atoms with Gasteiger partial charge in [-0.05, 0) is 60.6 Å². The first-order chi connectivity index (χ1) is 13.6. The molecule has 2 fully saturated rings. The lowest BCUT2D eigenvalue weighted by Gasteiger charge is -2.43. The second-order valence-electron chi connectivity index (χ2n) is 8.17. The quantitative estimate of drug-likeness (QED) is 0.603. The first-order valence-electron chi connectivity index (χ1n) is 9.88. The highest BCUT2D eigenvalue weighted by Crippen LogP contribution is 2.64. The van der Waals surface area contributed by atoms with Crippen molar-refractivity contribution in [1.29, 1.82) is 0 Å². The lowest BCUT2D eigenvalue weighted by molar-refractivity contribution is -0.384. The van der Waals surface area contributed by atoms with Crippen LogP contribution in [0.1, 0.15) is 42.3 Å². The molecule has 0 amide bonds. The molecule has 5 rings (SSSR count). The molecule has 6 nitrogen and oxygen atoms in total. The number of fused-ring (bicyclic) bond motifs is 7. The molecule has 1 aliphatic heterocycles. The van der Waals surface area contributed by atoms with E-state index in [4.69, 9.17) is 9.47 Å².